The van der Waals surface area contributed by atoms with Gasteiger partial charge in [0.1, 0.15) is 0 Å². The number of aliphatic imine (C=N–C) groups is 1. The van der Waals surface area contributed by atoms with Crippen molar-refractivity contribution in [3.63, 3.8) is 0 Å². The summed E-state index contributed by atoms with van der Waals surface area (Å²) in [6.45, 7) is 3.60. The van der Waals surface area contributed by atoms with Crippen LogP contribution in [0.4, 0.5) is 5.69 Å². The van der Waals surface area contributed by atoms with Crippen molar-refractivity contribution in [1.82, 2.24) is 25.2 Å². The summed E-state index contributed by atoms with van der Waals surface area (Å²) in [5.74, 6) is 2.24. The Morgan fingerprint density at radius 3 is 2.93 bits per heavy atom. The molecule has 1 saturated heterocycles. The van der Waals surface area contributed by atoms with Crippen molar-refractivity contribution in [2.24, 2.45) is 10.9 Å². The average molecular weight is 570 g/mol. The molecule has 0 aliphatic carbocycles. The van der Waals surface area contributed by atoms with Crippen LogP contribution in [-0.4, -0.2) is 47.2 Å². The van der Waals surface area contributed by atoms with Crippen LogP contribution in [0, 0.1) is 5.92 Å². The van der Waals surface area contributed by atoms with Crippen molar-refractivity contribution < 1.29 is 0 Å². The predicted molar refractivity (Wildman–Crippen MR) is 131 cm³/mol. The lowest BCUT2D eigenvalue weighted by atomic mass is 10.1. The highest BCUT2D eigenvalue weighted by Gasteiger charge is 2.23. The Bertz CT molecular complexity index is 974. The van der Waals surface area contributed by atoms with Gasteiger partial charge < -0.3 is 15.5 Å². The smallest absolute Gasteiger partial charge is 0.191 e. The van der Waals surface area contributed by atoms with E-state index in [-0.39, 0.29) is 24.0 Å². The Labute approximate surface area is 196 Å². The minimum absolute atomic E-state index is 0. The van der Waals surface area contributed by atoms with Crippen LogP contribution in [0.5, 0.6) is 0 Å². The van der Waals surface area contributed by atoms with Crippen LogP contribution in [0.15, 0.2) is 58.1 Å². The van der Waals surface area contributed by atoms with Crippen molar-refractivity contribution >= 4 is 57.2 Å². The summed E-state index contributed by atoms with van der Waals surface area (Å²) >= 11 is 3.56. The van der Waals surface area contributed by atoms with Crippen LogP contribution in [-0.2, 0) is 6.54 Å². The number of nitrogens with one attached hydrogen (secondary N) is 2. The Balaban J connectivity index is 0.00000240. The molecule has 29 heavy (non-hydrogen) atoms. The van der Waals surface area contributed by atoms with E-state index >= 15 is 0 Å². The zero-order valence-electron chi connectivity index (χ0n) is 16.3. The molecule has 0 radical (unpaired) electrons. The van der Waals surface area contributed by atoms with Crippen molar-refractivity contribution in [1.29, 1.82) is 0 Å². The molecule has 1 aliphatic heterocycles. The van der Waals surface area contributed by atoms with Gasteiger partial charge in [0.2, 0.25) is 0 Å². The van der Waals surface area contributed by atoms with Gasteiger partial charge in [-0.2, -0.15) is 0 Å². The Morgan fingerprint density at radius 1 is 1.21 bits per heavy atom. The number of nitrogens with zero attached hydrogens (tertiary/aromatic N) is 5. The first-order chi connectivity index (χ1) is 13.7. The van der Waals surface area contributed by atoms with Gasteiger partial charge in [0, 0.05) is 43.0 Å². The standard InChI is InChI=1S/C20H24BrN7.HI/c1-22-20(24-13-19-26-25-18-7-2-3-9-28(18)19)23-12-15-8-10-27(14-15)17-6-4-5-16(21)11-17;/h2-7,9,11,15H,8,10,12-14H2,1H3,(H2,22,23,24);1H. The minimum atomic E-state index is 0. The molecule has 1 aliphatic rings. The van der Waals surface area contributed by atoms with Gasteiger partial charge in [0.05, 0.1) is 6.54 Å². The molecule has 1 unspecified atom stereocenters. The zero-order chi connectivity index (χ0) is 19.3. The van der Waals surface area contributed by atoms with E-state index in [2.05, 4.69) is 70.9 Å². The van der Waals surface area contributed by atoms with E-state index in [9.17, 15) is 0 Å². The molecular formula is C20H25BrIN7. The highest BCUT2D eigenvalue weighted by atomic mass is 127. The SMILES string of the molecule is CN=C(NCc1nnc2ccccn12)NCC1CCN(c2cccc(Br)c2)C1.I. The summed E-state index contributed by atoms with van der Waals surface area (Å²) in [5, 5.41) is 15.2. The van der Waals surface area contributed by atoms with Crippen LogP contribution in [0.3, 0.4) is 0 Å². The largest absolute Gasteiger partial charge is 0.371 e. The number of guanidine groups is 1. The van der Waals surface area contributed by atoms with Gasteiger partial charge in [0.25, 0.3) is 0 Å². The maximum Gasteiger partial charge on any atom is 0.191 e. The van der Waals surface area contributed by atoms with Gasteiger partial charge in [-0.05, 0) is 42.7 Å². The number of fused-ring (bicyclic) bond motifs is 1. The topological polar surface area (TPSA) is 69.8 Å². The Morgan fingerprint density at radius 2 is 2.10 bits per heavy atom. The third-order valence-electron chi connectivity index (χ3n) is 5.04. The molecule has 2 N–H and O–H groups in total. The Kier molecular flexibility index (Phi) is 7.70. The second-order valence-corrected chi connectivity index (χ2v) is 7.85. The van der Waals surface area contributed by atoms with E-state index in [0.29, 0.717) is 12.5 Å². The molecule has 7 nitrogen and oxygen atoms in total. The van der Waals surface area contributed by atoms with Crippen LogP contribution in [0.25, 0.3) is 5.65 Å². The molecule has 9 heteroatoms. The van der Waals surface area contributed by atoms with Gasteiger partial charge in [-0.15, -0.1) is 34.2 Å². The normalized spacial score (nSPS) is 16.7. The van der Waals surface area contributed by atoms with Gasteiger partial charge in [-0.1, -0.05) is 28.1 Å². The van der Waals surface area contributed by atoms with Crippen LogP contribution in [0.2, 0.25) is 0 Å². The van der Waals surface area contributed by atoms with Crippen LogP contribution >= 0.6 is 39.9 Å². The number of hydrogen-bond donors (Lipinski definition) is 2. The lowest BCUT2D eigenvalue weighted by Crippen LogP contribution is -2.40. The molecule has 1 fully saturated rings. The van der Waals surface area contributed by atoms with Gasteiger partial charge in [-0.3, -0.25) is 9.39 Å². The molecule has 3 heterocycles. The molecule has 0 bridgehead atoms. The Hall–Kier alpha value is -1.88. The number of benzene rings is 1. The van der Waals surface area contributed by atoms with Crippen LogP contribution in [0.1, 0.15) is 12.2 Å². The first kappa shape index (κ1) is 21.8. The first-order valence-corrected chi connectivity index (χ1v) is 10.3. The number of anilines is 1. The van der Waals surface area contributed by atoms with Crippen LogP contribution < -0.4 is 15.5 Å². The summed E-state index contributed by atoms with van der Waals surface area (Å²) in [7, 11) is 1.79. The molecule has 3 aromatic rings. The molecule has 0 amide bonds. The third kappa shape index (κ3) is 5.39. The third-order valence-corrected chi connectivity index (χ3v) is 5.53. The highest BCUT2D eigenvalue weighted by molar-refractivity contribution is 14.0. The summed E-state index contributed by atoms with van der Waals surface area (Å²) in [5.41, 5.74) is 2.12. The maximum absolute atomic E-state index is 4.33. The van der Waals surface area contributed by atoms with Crippen molar-refractivity contribution in [3.8, 4) is 0 Å². The van der Waals surface area contributed by atoms with E-state index in [0.717, 1.165) is 41.5 Å². The number of pyridine rings is 1. The summed E-state index contributed by atoms with van der Waals surface area (Å²) in [4.78, 5) is 6.77. The van der Waals surface area contributed by atoms with E-state index in [1.54, 1.807) is 7.05 Å². The molecule has 1 aromatic carbocycles. The monoisotopic (exact) mass is 569 g/mol. The molecule has 1 atom stereocenters. The summed E-state index contributed by atoms with van der Waals surface area (Å²) < 4.78 is 3.10. The number of hydrogen-bond acceptors (Lipinski definition) is 4. The van der Waals surface area contributed by atoms with Gasteiger partial charge >= 0.3 is 0 Å². The van der Waals surface area contributed by atoms with E-state index < -0.39 is 0 Å². The second kappa shape index (κ2) is 10.2. The lowest BCUT2D eigenvalue weighted by molar-refractivity contribution is 0.565. The maximum atomic E-state index is 4.33. The molecule has 0 spiro atoms. The highest BCUT2D eigenvalue weighted by Crippen LogP contribution is 2.25. The predicted octanol–water partition coefficient (Wildman–Crippen LogP) is 3.30. The quantitative estimate of drug-likeness (QED) is 0.280. The molecule has 154 valence electrons. The first-order valence-electron chi connectivity index (χ1n) is 9.46. The lowest BCUT2D eigenvalue weighted by Gasteiger charge is -2.19. The van der Waals surface area contributed by atoms with E-state index in [4.69, 9.17) is 0 Å². The fourth-order valence-corrected chi connectivity index (χ4v) is 3.93. The summed E-state index contributed by atoms with van der Waals surface area (Å²) in [6, 6.07) is 14.4. The summed E-state index contributed by atoms with van der Waals surface area (Å²) in [6.07, 6.45) is 3.14. The second-order valence-electron chi connectivity index (χ2n) is 6.93. The van der Waals surface area contributed by atoms with E-state index in [1.807, 2.05) is 28.8 Å². The molecule has 4 rings (SSSR count). The zero-order valence-corrected chi connectivity index (χ0v) is 20.2. The van der Waals surface area contributed by atoms with E-state index in [1.165, 1.54) is 12.1 Å². The van der Waals surface area contributed by atoms with Crippen molar-refractivity contribution in [2.75, 3.05) is 31.6 Å². The number of halogens is 2. The minimum Gasteiger partial charge on any atom is -0.371 e. The van der Waals surface area contributed by atoms with Gasteiger partial charge in [0.15, 0.2) is 17.4 Å². The fraction of sp³-hybridized carbons (Fsp3) is 0.350. The fourth-order valence-electron chi connectivity index (χ4n) is 3.54. The molecular weight excluding hydrogens is 545 g/mol. The number of rotatable bonds is 5. The van der Waals surface area contributed by atoms with Crippen molar-refractivity contribution in [3.05, 3.63) is 59.0 Å². The van der Waals surface area contributed by atoms with Crippen molar-refractivity contribution in [2.45, 2.75) is 13.0 Å². The van der Waals surface area contributed by atoms with Gasteiger partial charge in [-0.25, -0.2) is 0 Å². The molecule has 0 saturated carbocycles. The molecule has 2 aromatic heterocycles. The average Bonchev–Trinajstić information content (AvgIpc) is 3.35. The number of aromatic nitrogens is 3.